The molecule has 32 heavy (non-hydrogen) atoms. The Morgan fingerprint density at radius 2 is 1.31 bits per heavy atom. The molecule has 3 rings (SSSR count). The van der Waals surface area contributed by atoms with Crippen molar-refractivity contribution in [1.29, 1.82) is 0 Å². The van der Waals surface area contributed by atoms with E-state index in [4.69, 9.17) is 19.5 Å². The Labute approximate surface area is 191 Å². The lowest BCUT2D eigenvalue weighted by Gasteiger charge is -2.32. The quantitative estimate of drug-likeness (QED) is 0.585. The Morgan fingerprint density at radius 3 is 1.84 bits per heavy atom. The maximum atomic E-state index is 13.3. The van der Waals surface area contributed by atoms with Crippen LogP contribution in [0.3, 0.4) is 0 Å². The highest BCUT2D eigenvalue weighted by atomic mass is 32.2. The Bertz CT molecular complexity index is 1030. The van der Waals surface area contributed by atoms with Crippen molar-refractivity contribution in [3.8, 4) is 0 Å². The summed E-state index contributed by atoms with van der Waals surface area (Å²) in [5.41, 5.74) is 0.868. The minimum Gasteiger partial charge on any atom is -0.480 e. The fourth-order valence-corrected chi connectivity index (χ4v) is 5.42. The van der Waals surface area contributed by atoms with Crippen LogP contribution in [0.25, 0.3) is 0 Å². The zero-order valence-electron chi connectivity index (χ0n) is 19.1. The summed E-state index contributed by atoms with van der Waals surface area (Å²) in [6.45, 7) is 8.80. The van der Waals surface area contributed by atoms with Crippen LogP contribution in [0.4, 0.5) is 0 Å². The van der Waals surface area contributed by atoms with Crippen molar-refractivity contribution in [2.45, 2.75) is 50.6 Å². The maximum Gasteiger partial charge on any atom is 0.210 e. The van der Waals surface area contributed by atoms with E-state index in [2.05, 4.69) is 13.8 Å². The van der Waals surface area contributed by atoms with Crippen molar-refractivity contribution in [3.63, 3.8) is 0 Å². The van der Waals surface area contributed by atoms with Gasteiger partial charge in [-0.05, 0) is 37.5 Å². The van der Waals surface area contributed by atoms with Crippen LogP contribution in [0.15, 0.2) is 75.5 Å². The van der Waals surface area contributed by atoms with Crippen LogP contribution in [0.2, 0.25) is 0 Å². The molecular formula is C25H32N2O4S. The summed E-state index contributed by atoms with van der Waals surface area (Å²) >= 11 is 0. The van der Waals surface area contributed by atoms with Gasteiger partial charge in [0, 0.05) is 5.92 Å². The average Bonchev–Trinajstić information content (AvgIpc) is 2.79. The monoisotopic (exact) mass is 456 g/mol. The smallest absolute Gasteiger partial charge is 0.210 e. The first-order valence-electron chi connectivity index (χ1n) is 11.1. The van der Waals surface area contributed by atoms with E-state index < -0.39 is 21.8 Å². The third kappa shape index (κ3) is 5.57. The lowest BCUT2D eigenvalue weighted by atomic mass is 9.91. The van der Waals surface area contributed by atoms with Gasteiger partial charge in [-0.15, -0.1) is 0 Å². The van der Waals surface area contributed by atoms with Crippen LogP contribution in [-0.4, -0.2) is 51.3 Å². The Balaban J connectivity index is 2.09. The maximum absolute atomic E-state index is 13.3. The minimum atomic E-state index is -3.58. The van der Waals surface area contributed by atoms with Gasteiger partial charge < -0.3 is 9.47 Å². The molecule has 0 saturated carbocycles. The number of aliphatic imine (C=N–C) groups is 2. The van der Waals surface area contributed by atoms with E-state index in [1.165, 1.54) is 0 Å². The van der Waals surface area contributed by atoms with Crippen molar-refractivity contribution in [1.82, 2.24) is 0 Å². The summed E-state index contributed by atoms with van der Waals surface area (Å²) < 4.78 is 38.5. The van der Waals surface area contributed by atoms with Crippen molar-refractivity contribution in [3.05, 3.63) is 66.2 Å². The van der Waals surface area contributed by atoms with Gasteiger partial charge in [0.05, 0.1) is 23.9 Å². The number of nitrogens with zero attached hydrogens (tertiary/aromatic N) is 2. The predicted molar refractivity (Wildman–Crippen MR) is 128 cm³/mol. The van der Waals surface area contributed by atoms with Gasteiger partial charge in [0.25, 0.3) is 0 Å². The summed E-state index contributed by atoms with van der Waals surface area (Å²) in [6, 6.07) is 17.3. The molecule has 0 unspecified atom stereocenters. The first-order valence-corrected chi connectivity index (χ1v) is 12.8. The second-order valence-electron chi connectivity index (χ2n) is 8.05. The van der Waals surface area contributed by atoms with E-state index in [0.717, 1.165) is 5.56 Å². The molecule has 3 atom stereocenters. The highest BCUT2D eigenvalue weighted by Gasteiger charge is 2.39. The molecule has 0 amide bonds. The third-order valence-corrected chi connectivity index (χ3v) is 7.15. The van der Waals surface area contributed by atoms with Crippen LogP contribution in [-0.2, 0) is 19.3 Å². The van der Waals surface area contributed by atoms with Crippen LogP contribution in [0, 0.1) is 5.92 Å². The number of ether oxygens (including phenoxy) is 2. The standard InChI is InChI=1S/C25H32N2O4S/c1-5-30-24-22(18(3)4)26-25(31-6-2)23(27-24)21(19-13-9-7-10-14-19)17-32(28,29)20-15-11-8-12-16-20/h7-16,18,21-23H,5-6,17H2,1-4H3/t21-,22-,23+/m1/s1. The van der Waals surface area contributed by atoms with Gasteiger partial charge in [0.2, 0.25) is 11.8 Å². The zero-order chi connectivity index (χ0) is 23.1. The average molecular weight is 457 g/mol. The van der Waals surface area contributed by atoms with Crippen LogP contribution in [0.1, 0.15) is 39.2 Å². The minimum absolute atomic E-state index is 0.118. The van der Waals surface area contributed by atoms with Crippen molar-refractivity contribution in [2.24, 2.45) is 15.9 Å². The van der Waals surface area contributed by atoms with Gasteiger partial charge in [0.1, 0.15) is 12.1 Å². The predicted octanol–water partition coefficient (Wildman–Crippen LogP) is 4.52. The number of sulfone groups is 1. The number of hydrogen-bond donors (Lipinski definition) is 0. The third-order valence-electron chi connectivity index (χ3n) is 5.36. The van der Waals surface area contributed by atoms with E-state index in [-0.39, 0.29) is 17.7 Å². The molecule has 1 heterocycles. The second-order valence-corrected chi connectivity index (χ2v) is 10.1. The molecule has 2 aromatic rings. The molecule has 0 aromatic heterocycles. The highest BCUT2D eigenvalue weighted by Crippen LogP contribution is 2.31. The van der Waals surface area contributed by atoms with Crippen LogP contribution < -0.4 is 0 Å². The molecule has 172 valence electrons. The van der Waals surface area contributed by atoms with Gasteiger partial charge in [-0.25, -0.2) is 18.4 Å². The van der Waals surface area contributed by atoms with Crippen LogP contribution in [0.5, 0.6) is 0 Å². The first-order chi connectivity index (χ1) is 15.4. The Kier molecular flexibility index (Phi) is 8.07. The number of rotatable bonds is 8. The molecule has 1 aliphatic heterocycles. The molecule has 0 spiro atoms. The molecular weight excluding hydrogens is 424 g/mol. The zero-order valence-corrected chi connectivity index (χ0v) is 20.0. The number of hydrogen-bond acceptors (Lipinski definition) is 6. The molecule has 0 N–H and O–H groups in total. The molecule has 0 fully saturated rings. The summed E-state index contributed by atoms with van der Waals surface area (Å²) in [5, 5.41) is 0. The topological polar surface area (TPSA) is 77.3 Å². The molecule has 6 nitrogen and oxygen atoms in total. The summed E-state index contributed by atoms with van der Waals surface area (Å²) in [7, 11) is -3.58. The number of benzene rings is 2. The summed E-state index contributed by atoms with van der Waals surface area (Å²) in [6.07, 6.45) is 0. The van der Waals surface area contributed by atoms with E-state index >= 15 is 0 Å². The molecule has 0 radical (unpaired) electrons. The van der Waals surface area contributed by atoms with Crippen molar-refractivity contribution >= 4 is 21.6 Å². The van der Waals surface area contributed by atoms with E-state index in [1.54, 1.807) is 30.3 Å². The van der Waals surface area contributed by atoms with Crippen molar-refractivity contribution in [2.75, 3.05) is 19.0 Å². The molecule has 7 heteroatoms. The Hall–Kier alpha value is -2.67. The van der Waals surface area contributed by atoms with Gasteiger partial charge >= 0.3 is 0 Å². The lowest BCUT2D eigenvalue weighted by molar-refractivity contribution is 0.272. The molecule has 0 saturated heterocycles. The summed E-state index contributed by atoms with van der Waals surface area (Å²) in [5.74, 6) is 0.573. The van der Waals surface area contributed by atoms with Gasteiger partial charge in [-0.2, -0.15) is 0 Å². The first kappa shape index (κ1) is 24.0. The van der Waals surface area contributed by atoms with E-state index in [9.17, 15) is 8.42 Å². The van der Waals surface area contributed by atoms with Gasteiger partial charge in [-0.3, -0.25) is 0 Å². The fourth-order valence-electron chi connectivity index (χ4n) is 3.81. The van der Waals surface area contributed by atoms with Gasteiger partial charge in [0.15, 0.2) is 9.84 Å². The molecule has 2 aromatic carbocycles. The fraction of sp³-hybridized carbons (Fsp3) is 0.440. The largest absolute Gasteiger partial charge is 0.480 e. The van der Waals surface area contributed by atoms with E-state index in [1.807, 2.05) is 44.2 Å². The molecule has 0 aliphatic carbocycles. The highest BCUT2D eigenvalue weighted by molar-refractivity contribution is 7.91. The summed E-state index contributed by atoms with van der Waals surface area (Å²) in [4.78, 5) is 10.0. The Morgan fingerprint density at radius 1 is 0.812 bits per heavy atom. The van der Waals surface area contributed by atoms with Crippen LogP contribution >= 0.6 is 0 Å². The molecule has 0 bridgehead atoms. The second kappa shape index (κ2) is 10.8. The lowest BCUT2D eigenvalue weighted by Crippen LogP contribution is -2.42. The molecule has 1 aliphatic rings. The van der Waals surface area contributed by atoms with Crippen molar-refractivity contribution < 1.29 is 17.9 Å². The SMILES string of the molecule is CCOC1=N[C@H](C(C)C)C(OCC)=N[C@H]1[C@H](CS(=O)(=O)c1ccccc1)c1ccccc1. The normalized spacial score (nSPS) is 19.8. The van der Waals surface area contributed by atoms with Gasteiger partial charge in [-0.1, -0.05) is 62.4 Å². The van der Waals surface area contributed by atoms with E-state index in [0.29, 0.717) is 29.9 Å².